The van der Waals surface area contributed by atoms with Crippen molar-refractivity contribution in [2.45, 2.75) is 43.3 Å². The van der Waals surface area contributed by atoms with Crippen LogP contribution in [-0.2, 0) is 6.18 Å². The summed E-state index contributed by atoms with van der Waals surface area (Å²) in [7, 11) is 0. The lowest BCUT2D eigenvalue weighted by Gasteiger charge is -2.28. The molecule has 0 aliphatic heterocycles. The Morgan fingerprint density at radius 3 is 2.22 bits per heavy atom. The highest BCUT2D eigenvalue weighted by Crippen LogP contribution is 2.31. The number of alkyl halides is 4. The molecule has 1 aliphatic carbocycles. The Bertz CT molecular complexity index is 388. The predicted molar refractivity (Wildman–Crippen MR) is 67.0 cm³/mol. The fraction of sp³-hybridized carbons (Fsp3) is 0.538. The van der Waals surface area contributed by atoms with Crippen molar-refractivity contribution in [2.24, 2.45) is 0 Å². The van der Waals surface area contributed by atoms with E-state index in [0.717, 1.165) is 37.8 Å². The second-order valence-corrected chi connectivity index (χ2v) is 5.19. The molecule has 2 atom stereocenters. The second kappa shape index (κ2) is 5.39. The zero-order valence-electron chi connectivity index (χ0n) is 9.80. The van der Waals surface area contributed by atoms with Crippen molar-refractivity contribution in [2.75, 3.05) is 5.32 Å². The number of halogens is 4. The Kier molecular flexibility index (Phi) is 4.05. The Hall–Kier alpha value is -0.900. The quantitative estimate of drug-likeness (QED) is 0.775. The highest BCUT2D eigenvalue weighted by Gasteiger charge is 2.30. The molecule has 0 saturated heterocycles. The van der Waals surface area contributed by atoms with Crippen LogP contribution in [0.2, 0.25) is 0 Å². The normalized spacial score (nSPS) is 24.9. The Morgan fingerprint density at radius 1 is 1.06 bits per heavy atom. The van der Waals surface area contributed by atoms with Crippen LogP contribution in [0.3, 0.4) is 0 Å². The molecule has 0 amide bonds. The number of anilines is 1. The van der Waals surface area contributed by atoms with Gasteiger partial charge in [-0.2, -0.15) is 13.2 Å². The van der Waals surface area contributed by atoms with Crippen molar-refractivity contribution in [1.82, 2.24) is 0 Å². The van der Waals surface area contributed by atoms with E-state index in [1.165, 1.54) is 12.1 Å². The lowest BCUT2D eigenvalue weighted by atomic mass is 9.94. The van der Waals surface area contributed by atoms with Crippen LogP contribution in [0.25, 0.3) is 0 Å². The minimum Gasteiger partial charge on any atom is -0.381 e. The van der Waals surface area contributed by atoms with E-state index in [2.05, 4.69) is 5.32 Å². The average Bonchev–Trinajstić information content (AvgIpc) is 2.32. The fourth-order valence-corrected chi connectivity index (χ4v) is 2.56. The van der Waals surface area contributed by atoms with E-state index in [4.69, 9.17) is 11.6 Å². The van der Waals surface area contributed by atoms with Crippen molar-refractivity contribution in [3.05, 3.63) is 29.8 Å². The van der Waals surface area contributed by atoms with Crippen molar-refractivity contribution >= 4 is 17.3 Å². The van der Waals surface area contributed by atoms with Gasteiger partial charge in [-0.1, -0.05) is 12.8 Å². The van der Waals surface area contributed by atoms with Crippen LogP contribution in [0.1, 0.15) is 31.2 Å². The number of nitrogens with one attached hydrogen (secondary N) is 1. The summed E-state index contributed by atoms with van der Waals surface area (Å²) in [5.74, 6) is 0. The van der Waals surface area contributed by atoms with E-state index in [1.54, 1.807) is 0 Å². The third-order valence-corrected chi connectivity index (χ3v) is 3.77. The minimum atomic E-state index is -4.28. The van der Waals surface area contributed by atoms with Crippen molar-refractivity contribution in [3.8, 4) is 0 Å². The van der Waals surface area contributed by atoms with Crippen LogP contribution >= 0.6 is 11.6 Å². The van der Waals surface area contributed by atoms with Crippen LogP contribution in [0, 0.1) is 0 Å². The van der Waals surface area contributed by atoms with Gasteiger partial charge in [0.05, 0.1) is 10.9 Å². The summed E-state index contributed by atoms with van der Waals surface area (Å²) in [6.45, 7) is 0. The number of rotatable bonds is 2. The molecule has 1 aromatic carbocycles. The van der Waals surface area contributed by atoms with Crippen LogP contribution in [0.4, 0.5) is 18.9 Å². The summed E-state index contributed by atoms with van der Waals surface area (Å²) in [4.78, 5) is 0. The van der Waals surface area contributed by atoms with E-state index in [-0.39, 0.29) is 11.4 Å². The number of hydrogen-bond donors (Lipinski definition) is 1. The molecule has 1 N–H and O–H groups in total. The van der Waals surface area contributed by atoms with E-state index in [1.807, 2.05) is 0 Å². The average molecular weight is 278 g/mol. The smallest absolute Gasteiger partial charge is 0.381 e. The van der Waals surface area contributed by atoms with Crippen LogP contribution in [-0.4, -0.2) is 11.4 Å². The molecule has 0 bridgehead atoms. The topological polar surface area (TPSA) is 12.0 Å². The molecule has 2 rings (SSSR count). The molecule has 1 aliphatic rings. The molecular formula is C13H15ClF3N. The van der Waals surface area contributed by atoms with Crippen molar-refractivity contribution in [1.29, 1.82) is 0 Å². The van der Waals surface area contributed by atoms with Crippen LogP contribution in [0.5, 0.6) is 0 Å². The first-order chi connectivity index (χ1) is 8.47. The second-order valence-electron chi connectivity index (χ2n) is 4.63. The molecule has 100 valence electrons. The van der Waals surface area contributed by atoms with Gasteiger partial charge in [0.25, 0.3) is 0 Å². The molecule has 0 aromatic heterocycles. The third-order valence-electron chi connectivity index (χ3n) is 3.25. The van der Waals surface area contributed by atoms with Crippen LogP contribution in [0.15, 0.2) is 24.3 Å². The summed E-state index contributed by atoms with van der Waals surface area (Å²) in [6.07, 6.45) is -0.117. The van der Waals surface area contributed by atoms with Gasteiger partial charge >= 0.3 is 6.18 Å². The Labute approximate surface area is 109 Å². The summed E-state index contributed by atoms with van der Waals surface area (Å²) < 4.78 is 37.2. The van der Waals surface area contributed by atoms with Gasteiger partial charge in [-0.25, -0.2) is 0 Å². The van der Waals surface area contributed by atoms with Gasteiger partial charge in [0.15, 0.2) is 0 Å². The van der Waals surface area contributed by atoms with E-state index >= 15 is 0 Å². The SMILES string of the molecule is FC(F)(F)c1ccc(NC2CCCCC2Cl)cc1. The van der Waals surface area contributed by atoms with Gasteiger partial charge in [0.1, 0.15) is 0 Å². The standard InChI is InChI=1S/C13H15ClF3N/c14-11-3-1-2-4-12(11)18-10-7-5-9(6-8-10)13(15,16)17/h5-8,11-12,18H,1-4H2. The van der Waals surface area contributed by atoms with Gasteiger partial charge in [0.2, 0.25) is 0 Å². The molecule has 0 radical (unpaired) electrons. The first kappa shape index (κ1) is 13.5. The fourth-order valence-electron chi connectivity index (χ4n) is 2.22. The maximum Gasteiger partial charge on any atom is 0.416 e. The molecule has 5 heteroatoms. The molecule has 1 aromatic rings. The summed E-state index contributed by atoms with van der Waals surface area (Å²) in [6, 6.07) is 5.25. The first-order valence-corrected chi connectivity index (χ1v) is 6.48. The van der Waals surface area contributed by atoms with Gasteiger partial charge in [-0.05, 0) is 37.1 Å². The van der Waals surface area contributed by atoms with Gasteiger partial charge in [0, 0.05) is 11.7 Å². The first-order valence-electron chi connectivity index (χ1n) is 6.05. The summed E-state index contributed by atoms with van der Waals surface area (Å²) in [5, 5.41) is 3.27. The Balaban J connectivity index is 2.02. The van der Waals surface area contributed by atoms with E-state index < -0.39 is 11.7 Å². The highest BCUT2D eigenvalue weighted by molar-refractivity contribution is 6.21. The summed E-state index contributed by atoms with van der Waals surface area (Å²) in [5.41, 5.74) is 0.0691. The largest absolute Gasteiger partial charge is 0.416 e. The molecule has 1 nitrogen and oxygen atoms in total. The lowest BCUT2D eigenvalue weighted by Crippen LogP contribution is -2.32. The lowest BCUT2D eigenvalue weighted by molar-refractivity contribution is -0.137. The number of benzene rings is 1. The summed E-state index contributed by atoms with van der Waals surface area (Å²) >= 11 is 6.19. The molecule has 0 spiro atoms. The van der Waals surface area contributed by atoms with Crippen molar-refractivity contribution < 1.29 is 13.2 Å². The van der Waals surface area contributed by atoms with Gasteiger partial charge in [-0.3, -0.25) is 0 Å². The maximum absolute atomic E-state index is 12.4. The highest BCUT2D eigenvalue weighted by atomic mass is 35.5. The molecule has 18 heavy (non-hydrogen) atoms. The molecule has 1 saturated carbocycles. The zero-order chi connectivity index (χ0) is 13.2. The predicted octanol–water partition coefficient (Wildman–Crippen LogP) is 4.67. The van der Waals surface area contributed by atoms with Gasteiger partial charge < -0.3 is 5.32 Å². The molecule has 1 fully saturated rings. The van der Waals surface area contributed by atoms with Gasteiger partial charge in [-0.15, -0.1) is 11.6 Å². The van der Waals surface area contributed by atoms with Crippen molar-refractivity contribution in [3.63, 3.8) is 0 Å². The van der Waals surface area contributed by atoms with E-state index in [0.29, 0.717) is 5.69 Å². The van der Waals surface area contributed by atoms with Crippen LogP contribution < -0.4 is 5.32 Å². The number of hydrogen-bond acceptors (Lipinski definition) is 1. The maximum atomic E-state index is 12.4. The minimum absolute atomic E-state index is 0.0565. The molecule has 2 unspecified atom stereocenters. The third kappa shape index (κ3) is 3.31. The zero-order valence-corrected chi connectivity index (χ0v) is 10.6. The molecular weight excluding hydrogens is 263 g/mol. The molecule has 0 heterocycles. The monoisotopic (exact) mass is 277 g/mol. The Morgan fingerprint density at radius 2 is 1.67 bits per heavy atom. The van der Waals surface area contributed by atoms with E-state index in [9.17, 15) is 13.2 Å².